The molecule has 0 bridgehead atoms. The van der Waals surface area contributed by atoms with Gasteiger partial charge in [0.2, 0.25) is 11.8 Å². The van der Waals surface area contributed by atoms with E-state index >= 15 is 0 Å². The Labute approximate surface area is 119 Å². The van der Waals surface area contributed by atoms with Crippen LogP contribution in [-0.4, -0.2) is 28.2 Å². The van der Waals surface area contributed by atoms with Crippen LogP contribution in [-0.2, 0) is 9.59 Å². The molecular formula is C14H22N2O2S. The van der Waals surface area contributed by atoms with Gasteiger partial charge in [-0.2, -0.15) is 0 Å². The summed E-state index contributed by atoms with van der Waals surface area (Å²) in [5.74, 6) is 0.00202. The third-order valence-electron chi connectivity index (χ3n) is 4.37. The van der Waals surface area contributed by atoms with Gasteiger partial charge in [-0.25, -0.2) is 0 Å². The van der Waals surface area contributed by atoms with E-state index in [4.69, 9.17) is 18.0 Å². The highest BCUT2D eigenvalue weighted by Crippen LogP contribution is 2.45. The van der Waals surface area contributed by atoms with Crippen molar-refractivity contribution in [1.82, 2.24) is 4.90 Å². The van der Waals surface area contributed by atoms with Crippen LogP contribution < -0.4 is 5.73 Å². The van der Waals surface area contributed by atoms with Crippen LogP contribution in [0.3, 0.4) is 0 Å². The predicted octanol–water partition coefficient (Wildman–Crippen LogP) is 2.15. The van der Waals surface area contributed by atoms with Gasteiger partial charge in [0.25, 0.3) is 0 Å². The normalized spacial score (nSPS) is 22.8. The number of piperidine rings is 1. The van der Waals surface area contributed by atoms with Crippen LogP contribution in [0.4, 0.5) is 0 Å². The number of nitrogens with zero attached hydrogens (tertiary/aromatic N) is 1. The average molecular weight is 282 g/mol. The Bertz CT molecular complexity index is 369. The molecule has 0 aromatic heterocycles. The molecule has 2 aliphatic rings. The first-order valence-corrected chi connectivity index (χ1v) is 7.55. The van der Waals surface area contributed by atoms with Gasteiger partial charge in [-0.3, -0.25) is 14.5 Å². The average Bonchev–Trinajstić information content (AvgIpc) is 2.33. The summed E-state index contributed by atoms with van der Waals surface area (Å²) in [5, 5.41) is 0. The Morgan fingerprint density at radius 3 is 2.26 bits per heavy atom. The van der Waals surface area contributed by atoms with Gasteiger partial charge in [0.05, 0.1) is 4.99 Å². The maximum absolute atomic E-state index is 12.2. The maximum Gasteiger partial charge on any atom is 0.229 e. The van der Waals surface area contributed by atoms with Crippen LogP contribution in [0, 0.1) is 5.41 Å². The number of carbonyl (C=O) groups is 2. The van der Waals surface area contributed by atoms with E-state index in [1.807, 2.05) is 0 Å². The Kier molecular flexibility index (Phi) is 4.55. The Morgan fingerprint density at radius 1 is 1.16 bits per heavy atom. The van der Waals surface area contributed by atoms with E-state index in [1.54, 1.807) is 0 Å². The van der Waals surface area contributed by atoms with Gasteiger partial charge in [0.15, 0.2) is 0 Å². The lowest BCUT2D eigenvalue weighted by molar-refractivity contribution is -0.154. The van der Waals surface area contributed by atoms with Crippen molar-refractivity contribution in [3.63, 3.8) is 0 Å². The number of nitrogens with two attached hydrogens (primary N) is 1. The molecule has 1 aliphatic heterocycles. The summed E-state index contributed by atoms with van der Waals surface area (Å²) >= 11 is 4.81. The summed E-state index contributed by atoms with van der Waals surface area (Å²) in [7, 11) is 0. The number of hydrogen-bond donors (Lipinski definition) is 1. The Hall–Kier alpha value is -0.970. The van der Waals surface area contributed by atoms with Crippen LogP contribution in [0.5, 0.6) is 0 Å². The van der Waals surface area contributed by atoms with Crippen molar-refractivity contribution >= 4 is 29.0 Å². The summed E-state index contributed by atoms with van der Waals surface area (Å²) in [5.41, 5.74) is 5.41. The van der Waals surface area contributed by atoms with Crippen LogP contribution >= 0.6 is 12.2 Å². The van der Waals surface area contributed by atoms with E-state index in [2.05, 4.69) is 0 Å². The highest BCUT2D eigenvalue weighted by atomic mass is 32.1. The molecule has 0 atom stereocenters. The fourth-order valence-corrected chi connectivity index (χ4v) is 3.49. The van der Waals surface area contributed by atoms with Gasteiger partial charge in [0, 0.05) is 19.4 Å². The molecule has 1 heterocycles. The molecule has 1 saturated carbocycles. The highest BCUT2D eigenvalue weighted by Gasteiger charge is 2.43. The quantitative estimate of drug-likeness (QED) is 0.634. The van der Waals surface area contributed by atoms with Gasteiger partial charge >= 0.3 is 0 Å². The third-order valence-corrected chi connectivity index (χ3v) is 4.58. The molecule has 19 heavy (non-hydrogen) atoms. The minimum absolute atomic E-state index is 0.00101. The SMILES string of the molecule is NC(=S)CCCN1C(=O)CC2(CCCCC2)CC1=O. The van der Waals surface area contributed by atoms with Crippen molar-refractivity contribution in [3.05, 3.63) is 0 Å². The Morgan fingerprint density at radius 2 is 1.74 bits per heavy atom. The van der Waals surface area contributed by atoms with Crippen molar-refractivity contribution in [2.24, 2.45) is 11.1 Å². The smallest absolute Gasteiger partial charge is 0.229 e. The van der Waals surface area contributed by atoms with Gasteiger partial charge in [0.1, 0.15) is 0 Å². The number of thiocarbonyl (C=S) groups is 1. The minimum Gasteiger partial charge on any atom is -0.393 e. The van der Waals surface area contributed by atoms with Crippen molar-refractivity contribution in [2.75, 3.05) is 6.54 Å². The fraction of sp³-hybridized carbons (Fsp3) is 0.786. The van der Waals surface area contributed by atoms with E-state index in [0.717, 1.165) is 25.7 Å². The van der Waals surface area contributed by atoms with Gasteiger partial charge in [-0.15, -0.1) is 0 Å². The molecule has 5 heteroatoms. The second kappa shape index (κ2) is 5.99. The molecule has 1 spiro atoms. The molecular weight excluding hydrogens is 260 g/mol. The van der Waals surface area contributed by atoms with E-state index in [-0.39, 0.29) is 17.2 Å². The molecule has 106 valence electrons. The zero-order chi connectivity index (χ0) is 13.9. The minimum atomic E-state index is -0.0217. The van der Waals surface area contributed by atoms with Crippen LogP contribution in [0.2, 0.25) is 0 Å². The van der Waals surface area contributed by atoms with Crippen molar-refractivity contribution in [1.29, 1.82) is 0 Å². The lowest BCUT2D eigenvalue weighted by atomic mass is 9.67. The van der Waals surface area contributed by atoms with Crippen molar-refractivity contribution < 1.29 is 9.59 Å². The van der Waals surface area contributed by atoms with Gasteiger partial charge in [-0.1, -0.05) is 31.5 Å². The van der Waals surface area contributed by atoms with Crippen LogP contribution in [0.1, 0.15) is 57.8 Å². The molecule has 4 nitrogen and oxygen atoms in total. The molecule has 0 aromatic rings. The first kappa shape index (κ1) is 14.4. The first-order chi connectivity index (χ1) is 9.02. The Balaban J connectivity index is 1.93. The summed E-state index contributed by atoms with van der Waals surface area (Å²) in [4.78, 5) is 26.2. The standard InChI is InChI=1S/C14H22N2O2S/c15-11(19)5-4-8-16-12(17)9-14(10-13(16)18)6-2-1-3-7-14/h1-10H2,(H2,15,19). The highest BCUT2D eigenvalue weighted by molar-refractivity contribution is 7.80. The molecule has 2 N–H and O–H groups in total. The molecule has 2 fully saturated rings. The number of amides is 2. The molecule has 0 unspecified atom stereocenters. The first-order valence-electron chi connectivity index (χ1n) is 7.14. The second-order valence-electron chi connectivity index (χ2n) is 5.92. The third kappa shape index (κ3) is 3.53. The fourth-order valence-electron chi connectivity index (χ4n) is 3.35. The van der Waals surface area contributed by atoms with Crippen molar-refractivity contribution in [2.45, 2.75) is 57.8 Å². The topological polar surface area (TPSA) is 63.4 Å². The number of imide groups is 1. The monoisotopic (exact) mass is 282 g/mol. The molecule has 2 amide bonds. The molecule has 0 radical (unpaired) electrons. The molecule has 0 aromatic carbocycles. The molecule has 2 rings (SSSR count). The van der Waals surface area contributed by atoms with Gasteiger partial charge < -0.3 is 5.73 Å². The molecule has 1 aliphatic carbocycles. The molecule has 1 saturated heterocycles. The van der Waals surface area contributed by atoms with Crippen LogP contribution in [0.25, 0.3) is 0 Å². The number of carbonyl (C=O) groups excluding carboxylic acids is 2. The summed E-state index contributed by atoms with van der Waals surface area (Å²) < 4.78 is 0. The number of hydrogen-bond acceptors (Lipinski definition) is 3. The van der Waals surface area contributed by atoms with E-state index in [0.29, 0.717) is 37.2 Å². The maximum atomic E-state index is 12.2. The van der Waals surface area contributed by atoms with E-state index in [1.165, 1.54) is 11.3 Å². The van der Waals surface area contributed by atoms with Gasteiger partial charge in [-0.05, 0) is 31.1 Å². The summed E-state index contributed by atoms with van der Waals surface area (Å²) in [6, 6.07) is 0. The van der Waals surface area contributed by atoms with E-state index in [9.17, 15) is 9.59 Å². The largest absolute Gasteiger partial charge is 0.393 e. The second-order valence-corrected chi connectivity index (χ2v) is 6.45. The summed E-state index contributed by atoms with van der Waals surface area (Å²) in [6.45, 7) is 0.463. The summed E-state index contributed by atoms with van der Waals surface area (Å²) in [6.07, 6.45) is 7.98. The zero-order valence-electron chi connectivity index (χ0n) is 11.3. The number of rotatable bonds is 4. The predicted molar refractivity (Wildman–Crippen MR) is 77.5 cm³/mol. The zero-order valence-corrected chi connectivity index (χ0v) is 12.1. The number of likely N-dealkylation sites (tertiary alicyclic amines) is 1. The van der Waals surface area contributed by atoms with Crippen molar-refractivity contribution in [3.8, 4) is 0 Å². The van der Waals surface area contributed by atoms with E-state index < -0.39 is 0 Å². The lowest BCUT2D eigenvalue weighted by Crippen LogP contribution is -2.48. The lowest BCUT2D eigenvalue weighted by Gasteiger charge is -2.42. The van der Waals surface area contributed by atoms with Crippen LogP contribution in [0.15, 0.2) is 0 Å².